The Labute approximate surface area is 243 Å². The Morgan fingerprint density at radius 1 is 0.683 bits per heavy atom. The molecule has 4 aromatic carbocycles. The second-order valence-corrected chi connectivity index (χ2v) is 12.0. The smallest absolute Gasteiger partial charge is 0.161 e. The van der Waals surface area contributed by atoms with Gasteiger partial charge in [0.25, 0.3) is 0 Å². The minimum Gasteiger partial charge on any atom is -0.473 e. The maximum absolute atomic E-state index is 6.25. The average Bonchev–Trinajstić information content (AvgIpc) is 3.01. The summed E-state index contributed by atoms with van der Waals surface area (Å²) < 4.78 is 12.4. The molecule has 0 saturated carbocycles. The molecule has 208 valence electrons. The van der Waals surface area contributed by atoms with Crippen molar-refractivity contribution in [1.82, 2.24) is 0 Å². The van der Waals surface area contributed by atoms with E-state index in [1.165, 1.54) is 55.9 Å². The van der Waals surface area contributed by atoms with Gasteiger partial charge in [0.2, 0.25) is 0 Å². The Morgan fingerprint density at radius 3 is 2.00 bits per heavy atom. The van der Waals surface area contributed by atoms with Crippen LogP contribution in [0.5, 0.6) is 11.5 Å². The van der Waals surface area contributed by atoms with Gasteiger partial charge in [0, 0.05) is 35.6 Å². The first-order valence-corrected chi connectivity index (χ1v) is 14.8. The Morgan fingerprint density at radius 2 is 1.34 bits per heavy atom. The molecule has 0 spiro atoms. The zero-order chi connectivity index (χ0) is 27.9. The Bertz CT molecular complexity index is 1600. The molecule has 4 heteroatoms. The predicted octanol–water partition coefficient (Wildman–Crippen LogP) is 8.68. The third-order valence-corrected chi connectivity index (χ3v) is 8.95. The second-order valence-electron chi connectivity index (χ2n) is 12.0. The van der Waals surface area contributed by atoms with E-state index in [-0.39, 0.29) is 0 Å². The van der Waals surface area contributed by atoms with Crippen molar-refractivity contribution < 1.29 is 9.47 Å². The molecule has 0 fully saturated rings. The molecule has 0 radical (unpaired) electrons. The maximum Gasteiger partial charge on any atom is 0.161 e. The SMILES string of the molecule is Cc1ccc(N2COc3ccc(C4CC=C(c5cc(C)c6c(c5)CN(c5ccc(C)cc5)CO6)CC4)cc3C2)cc1. The molecule has 0 aromatic heterocycles. The quantitative estimate of drug-likeness (QED) is 0.258. The lowest BCUT2D eigenvalue weighted by molar-refractivity contribution is 0.287. The lowest BCUT2D eigenvalue weighted by Crippen LogP contribution is -2.32. The molecule has 1 unspecified atom stereocenters. The first-order valence-electron chi connectivity index (χ1n) is 14.8. The summed E-state index contributed by atoms with van der Waals surface area (Å²) in [6, 6.07) is 29.0. The number of hydrogen-bond donors (Lipinski definition) is 0. The lowest BCUT2D eigenvalue weighted by Gasteiger charge is -2.33. The van der Waals surface area contributed by atoms with Crippen molar-refractivity contribution in [1.29, 1.82) is 0 Å². The molecule has 4 nitrogen and oxygen atoms in total. The van der Waals surface area contributed by atoms with E-state index in [1.54, 1.807) is 0 Å². The van der Waals surface area contributed by atoms with Gasteiger partial charge >= 0.3 is 0 Å². The predicted molar refractivity (Wildman–Crippen MR) is 168 cm³/mol. The van der Waals surface area contributed by atoms with Crippen LogP contribution in [-0.2, 0) is 13.1 Å². The van der Waals surface area contributed by atoms with Gasteiger partial charge < -0.3 is 19.3 Å². The summed E-state index contributed by atoms with van der Waals surface area (Å²) in [6.45, 7) is 9.39. The van der Waals surface area contributed by atoms with Crippen LogP contribution in [0.25, 0.3) is 5.57 Å². The third-order valence-electron chi connectivity index (χ3n) is 8.95. The number of allylic oxidation sites excluding steroid dienone is 2. The van der Waals surface area contributed by atoms with Crippen molar-refractivity contribution in [2.45, 2.75) is 59.0 Å². The number of ether oxygens (including phenoxy) is 2. The molecule has 3 aliphatic rings. The van der Waals surface area contributed by atoms with Gasteiger partial charge in [-0.15, -0.1) is 0 Å². The van der Waals surface area contributed by atoms with E-state index < -0.39 is 0 Å². The monoisotopic (exact) mass is 542 g/mol. The van der Waals surface area contributed by atoms with Crippen LogP contribution in [0.3, 0.4) is 0 Å². The molecule has 7 rings (SSSR count). The Hall–Kier alpha value is -4.18. The molecular formula is C37H38N2O2. The number of aryl methyl sites for hydroxylation is 3. The zero-order valence-electron chi connectivity index (χ0n) is 24.3. The Balaban J connectivity index is 1.07. The number of anilines is 2. The summed E-state index contributed by atoms with van der Waals surface area (Å²) >= 11 is 0. The van der Waals surface area contributed by atoms with E-state index in [9.17, 15) is 0 Å². The Kier molecular flexibility index (Phi) is 6.70. The van der Waals surface area contributed by atoms with E-state index >= 15 is 0 Å². The van der Waals surface area contributed by atoms with E-state index in [4.69, 9.17) is 9.47 Å². The van der Waals surface area contributed by atoms with Gasteiger partial charge in [0.05, 0.1) is 0 Å². The molecule has 4 aromatic rings. The number of hydrogen-bond acceptors (Lipinski definition) is 4. The van der Waals surface area contributed by atoms with Gasteiger partial charge in [0.15, 0.2) is 13.5 Å². The van der Waals surface area contributed by atoms with Crippen LogP contribution < -0.4 is 19.3 Å². The molecular weight excluding hydrogens is 504 g/mol. The largest absolute Gasteiger partial charge is 0.473 e. The molecule has 0 amide bonds. The lowest BCUT2D eigenvalue weighted by atomic mass is 9.81. The third kappa shape index (κ3) is 5.19. The van der Waals surface area contributed by atoms with Crippen molar-refractivity contribution in [2.75, 3.05) is 23.3 Å². The number of benzene rings is 4. The van der Waals surface area contributed by atoms with Crippen LogP contribution in [0, 0.1) is 20.8 Å². The van der Waals surface area contributed by atoms with Gasteiger partial charge in [-0.05, 0) is 111 Å². The van der Waals surface area contributed by atoms with Gasteiger partial charge in [0.1, 0.15) is 11.5 Å². The summed E-state index contributed by atoms with van der Waals surface area (Å²) in [5.74, 6) is 2.62. The van der Waals surface area contributed by atoms with Crippen molar-refractivity contribution in [3.05, 3.63) is 124 Å². The summed E-state index contributed by atoms with van der Waals surface area (Å²) in [5.41, 5.74) is 13.0. The fourth-order valence-corrected chi connectivity index (χ4v) is 6.51. The molecule has 2 heterocycles. The highest BCUT2D eigenvalue weighted by Gasteiger charge is 2.24. The first-order chi connectivity index (χ1) is 20.0. The highest BCUT2D eigenvalue weighted by molar-refractivity contribution is 5.70. The van der Waals surface area contributed by atoms with E-state index in [1.807, 2.05) is 0 Å². The van der Waals surface area contributed by atoms with Gasteiger partial charge in [-0.3, -0.25) is 0 Å². The van der Waals surface area contributed by atoms with Crippen molar-refractivity contribution in [2.24, 2.45) is 0 Å². The standard InChI is InChI=1S/C37H38N2O2/c1-25-4-13-34(14-5-25)38-21-32-19-30(12-17-36(32)40-23-38)28-8-10-29(11-9-28)31-18-27(3)37-33(20-31)22-39(24-41-37)35-15-6-26(2)7-16-35/h4-7,10,12-20,28H,8-9,11,21-24H2,1-3H3. The second kappa shape index (κ2) is 10.7. The minimum absolute atomic E-state index is 0.540. The van der Waals surface area contributed by atoms with E-state index in [2.05, 4.69) is 116 Å². The van der Waals surface area contributed by atoms with Gasteiger partial charge in [-0.25, -0.2) is 0 Å². The van der Waals surface area contributed by atoms with E-state index in [0.29, 0.717) is 19.4 Å². The highest BCUT2D eigenvalue weighted by atomic mass is 16.5. The van der Waals surface area contributed by atoms with E-state index in [0.717, 1.165) is 43.9 Å². The fourth-order valence-electron chi connectivity index (χ4n) is 6.51. The maximum atomic E-state index is 6.25. The van der Waals surface area contributed by atoms with Crippen LogP contribution in [0.2, 0.25) is 0 Å². The summed E-state index contributed by atoms with van der Waals surface area (Å²) in [4.78, 5) is 4.63. The van der Waals surface area contributed by atoms with Crippen molar-refractivity contribution in [3.63, 3.8) is 0 Å². The number of fused-ring (bicyclic) bond motifs is 2. The summed E-state index contributed by atoms with van der Waals surface area (Å²) in [6.07, 6.45) is 5.80. The molecule has 1 atom stereocenters. The van der Waals surface area contributed by atoms with Crippen LogP contribution in [0.4, 0.5) is 11.4 Å². The normalized spacial score (nSPS) is 18.1. The molecule has 41 heavy (non-hydrogen) atoms. The zero-order valence-corrected chi connectivity index (χ0v) is 24.3. The van der Waals surface area contributed by atoms with Crippen molar-refractivity contribution >= 4 is 16.9 Å². The fraction of sp³-hybridized carbons (Fsp3) is 0.297. The molecule has 0 saturated heterocycles. The van der Waals surface area contributed by atoms with Crippen molar-refractivity contribution in [3.8, 4) is 11.5 Å². The summed E-state index contributed by atoms with van der Waals surface area (Å²) in [5, 5.41) is 0. The molecule has 0 bridgehead atoms. The molecule has 2 aliphatic heterocycles. The first kappa shape index (κ1) is 25.8. The van der Waals surface area contributed by atoms with Crippen LogP contribution >= 0.6 is 0 Å². The van der Waals surface area contributed by atoms with Crippen LogP contribution in [0.15, 0.2) is 84.9 Å². The minimum atomic E-state index is 0.540. The summed E-state index contributed by atoms with van der Waals surface area (Å²) in [7, 11) is 0. The molecule has 0 N–H and O–H groups in total. The van der Waals surface area contributed by atoms with Crippen LogP contribution in [0.1, 0.15) is 64.1 Å². The highest BCUT2D eigenvalue weighted by Crippen LogP contribution is 2.41. The average molecular weight is 543 g/mol. The number of rotatable bonds is 4. The van der Waals surface area contributed by atoms with Gasteiger partial charge in [-0.1, -0.05) is 53.6 Å². The van der Waals surface area contributed by atoms with Crippen LogP contribution in [-0.4, -0.2) is 13.5 Å². The van der Waals surface area contributed by atoms with Gasteiger partial charge in [-0.2, -0.15) is 0 Å². The number of nitrogens with zero attached hydrogens (tertiary/aromatic N) is 2. The topological polar surface area (TPSA) is 24.9 Å². The molecule has 1 aliphatic carbocycles.